The Bertz CT molecular complexity index is 409. The molecule has 1 heterocycles. The van der Waals surface area contributed by atoms with Crippen LogP contribution in [0.15, 0.2) is 22.9 Å². The van der Waals surface area contributed by atoms with E-state index in [1.54, 1.807) is 19.2 Å². The number of amides is 1. The Hall–Kier alpha value is -1.43. The summed E-state index contributed by atoms with van der Waals surface area (Å²) in [7, 11) is 0. The zero-order valence-electron chi connectivity index (χ0n) is 8.61. The second-order valence-electron chi connectivity index (χ2n) is 3.16. The van der Waals surface area contributed by atoms with Gasteiger partial charge in [-0.15, -0.1) is 0 Å². The molecule has 0 aliphatic heterocycles. The van der Waals surface area contributed by atoms with Crippen molar-refractivity contribution >= 4 is 27.8 Å². The quantitative estimate of drug-likeness (QED) is 0.878. The highest BCUT2D eigenvalue weighted by Crippen LogP contribution is 2.09. The van der Waals surface area contributed by atoms with Gasteiger partial charge in [0.2, 0.25) is 0 Å². The molecule has 1 amide bonds. The highest BCUT2D eigenvalue weighted by Gasteiger charge is 2.18. The SMILES string of the molecule is CCC(NC(=O)c1cncc(Br)c1)C(=O)O. The summed E-state index contributed by atoms with van der Waals surface area (Å²) in [6.07, 6.45) is 3.27. The van der Waals surface area contributed by atoms with Crippen molar-refractivity contribution in [1.29, 1.82) is 0 Å². The van der Waals surface area contributed by atoms with E-state index >= 15 is 0 Å². The van der Waals surface area contributed by atoms with Crippen molar-refractivity contribution in [2.24, 2.45) is 0 Å². The largest absolute Gasteiger partial charge is 0.480 e. The topological polar surface area (TPSA) is 79.3 Å². The molecule has 1 aromatic rings. The fraction of sp³-hybridized carbons (Fsp3) is 0.300. The van der Waals surface area contributed by atoms with Gasteiger partial charge in [0.25, 0.3) is 5.91 Å². The first-order valence-corrected chi connectivity index (χ1v) is 5.48. The Morgan fingerprint density at radius 3 is 2.75 bits per heavy atom. The van der Waals surface area contributed by atoms with Crippen LogP contribution in [0.1, 0.15) is 23.7 Å². The number of carbonyl (C=O) groups excluding carboxylic acids is 1. The maximum absolute atomic E-state index is 11.6. The molecule has 0 aromatic carbocycles. The number of carbonyl (C=O) groups is 2. The minimum absolute atomic E-state index is 0.328. The van der Waals surface area contributed by atoms with E-state index in [1.165, 1.54) is 6.20 Å². The van der Waals surface area contributed by atoms with Gasteiger partial charge < -0.3 is 10.4 Å². The molecule has 0 fully saturated rings. The Morgan fingerprint density at radius 1 is 1.56 bits per heavy atom. The van der Waals surface area contributed by atoms with E-state index in [1.807, 2.05) is 0 Å². The van der Waals surface area contributed by atoms with E-state index in [0.717, 1.165) is 0 Å². The van der Waals surface area contributed by atoms with Crippen LogP contribution in [0.25, 0.3) is 0 Å². The zero-order valence-corrected chi connectivity index (χ0v) is 10.2. The lowest BCUT2D eigenvalue weighted by atomic mass is 10.2. The van der Waals surface area contributed by atoms with Gasteiger partial charge in [0.05, 0.1) is 5.56 Å². The highest BCUT2D eigenvalue weighted by molar-refractivity contribution is 9.10. The van der Waals surface area contributed by atoms with Gasteiger partial charge in [0.15, 0.2) is 0 Å². The molecule has 5 nitrogen and oxygen atoms in total. The van der Waals surface area contributed by atoms with E-state index in [2.05, 4.69) is 26.2 Å². The molecular formula is C10H11BrN2O3. The Kier molecular flexibility index (Phi) is 4.42. The average molecular weight is 287 g/mol. The van der Waals surface area contributed by atoms with Crippen molar-refractivity contribution in [3.05, 3.63) is 28.5 Å². The number of nitrogens with zero attached hydrogens (tertiary/aromatic N) is 1. The van der Waals surface area contributed by atoms with E-state index in [0.29, 0.717) is 16.5 Å². The molecule has 0 aliphatic carbocycles. The van der Waals surface area contributed by atoms with E-state index in [4.69, 9.17) is 5.11 Å². The summed E-state index contributed by atoms with van der Waals surface area (Å²) in [4.78, 5) is 26.2. The van der Waals surface area contributed by atoms with E-state index in [9.17, 15) is 9.59 Å². The standard InChI is InChI=1S/C10H11BrN2O3/c1-2-8(10(15)16)13-9(14)6-3-7(11)5-12-4-6/h3-5,8H,2H2,1H3,(H,13,14)(H,15,16). The van der Waals surface area contributed by atoms with Gasteiger partial charge in [-0.05, 0) is 28.4 Å². The van der Waals surface area contributed by atoms with Crippen LogP contribution in [0, 0.1) is 0 Å². The molecule has 0 spiro atoms. The number of carboxylic acids is 1. The van der Waals surface area contributed by atoms with Crippen LogP contribution < -0.4 is 5.32 Å². The van der Waals surface area contributed by atoms with Crippen LogP contribution in [0.3, 0.4) is 0 Å². The van der Waals surface area contributed by atoms with Crippen molar-refractivity contribution in [3.8, 4) is 0 Å². The van der Waals surface area contributed by atoms with Crippen LogP contribution in [0.2, 0.25) is 0 Å². The van der Waals surface area contributed by atoms with Gasteiger partial charge >= 0.3 is 5.97 Å². The maximum Gasteiger partial charge on any atom is 0.326 e. The molecule has 6 heteroatoms. The molecule has 2 N–H and O–H groups in total. The second kappa shape index (κ2) is 5.60. The van der Waals surface area contributed by atoms with E-state index in [-0.39, 0.29) is 0 Å². The molecule has 1 aromatic heterocycles. The predicted molar refractivity (Wildman–Crippen MR) is 61.1 cm³/mol. The number of aromatic nitrogens is 1. The number of rotatable bonds is 4. The molecule has 0 saturated heterocycles. The van der Waals surface area contributed by atoms with Crippen LogP contribution in [-0.2, 0) is 4.79 Å². The van der Waals surface area contributed by atoms with Crippen molar-refractivity contribution in [3.63, 3.8) is 0 Å². The third kappa shape index (κ3) is 3.30. The number of hydrogen-bond donors (Lipinski definition) is 2. The fourth-order valence-electron chi connectivity index (χ4n) is 1.12. The first kappa shape index (κ1) is 12.6. The molecule has 1 rings (SSSR count). The fourth-order valence-corrected chi connectivity index (χ4v) is 1.48. The Morgan fingerprint density at radius 2 is 2.25 bits per heavy atom. The molecular weight excluding hydrogens is 276 g/mol. The number of carboxylic acid groups (broad SMARTS) is 1. The first-order chi connectivity index (χ1) is 7.54. The molecule has 0 radical (unpaired) electrons. The van der Waals surface area contributed by atoms with Crippen molar-refractivity contribution in [2.45, 2.75) is 19.4 Å². The molecule has 0 aliphatic rings. The van der Waals surface area contributed by atoms with Crippen LogP contribution in [0.5, 0.6) is 0 Å². The molecule has 86 valence electrons. The number of halogens is 1. The normalized spacial score (nSPS) is 11.9. The molecule has 0 bridgehead atoms. The lowest BCUT2D eigenvalue weighted by Gasteiger charge is -2.11. The summed E-state index contributed by atoms with van der Waals surface area (Å²) >= 11 is 3.18. The highest BCUT2D eigenvalue weighted by atomic mass is 79.9. The summed E-state index contributed by atoms with van der Waals surface area (Å²) < 4.78 is 0.670. The number of aliphatic carboxylic acids is 1. The first-order valence-electron chi connectivity index (χ1n) is 4.68. The molecule has 16 heavy (non-hydrogen) atoms. The Balaban J connectivity index is 2.75. The van der Waals surface area contributed by atoms with Crippen LogP contribution in [-0.4, -0.2) is 28.0 Å². The van der Waals surface area contributed by atoms with E-state index < -0.39 is 17.9 Å². The maximum atomic E-state index is 11.6. The van der Waals surface area contributed by atoms with Gasteiger partial charge in [0, 0.05) is 16.9 Å². The zero-order chi connectivity index (χ0) is 12.1. The average Bonchev–Trinajstić information content (AvgIpc) is 2.25. The summed E-state index contributed by atoms with van der Waals surface area (Å²) in [6, 6.07) is 0.711. The molecule has 1 atom stereocenters. The van der Waals surface area contributed by atoms with Crippen molar-refractivity contribution < 1.29 is 14.7 Å². The Labute approximate surface area is 101 Å². The molecule has 1 unspecified atom stereocenters. The summed E-state index contributed by atoms with van der Waals surface area (Å²) in [5.74, 6) is -1.48. The van der Waals surface area contributed by atoms with Gasteiger partial charge in [0.1, 0.15) is 6.04 Å². The lowest BCUT2D eigenvalue weighted by molar-refractivity contribution is -0.139. The molecule has 0 saturated carbocycles. The van der Waals surface area contributed by atoms with Gasteiger partial charge in [-0.1, -0.05) is 6.92 Å². The lowest BCUT2D eigenvalue weighted by Crippen LogP contribution is -2.40. The number of nitrogens with one attached hydrogen (secondary N) is 1. The van der Waals surface area contributed by atoms with Crippen LogP contribution in [0.4, 0.5) is 0 Å². The number of hydrogen-bond acceptors (Lipinski definition) is 3. The van der Waals surface area contributed by atoms with Crippen molar-refractivity contribution in [2.75, 3.05) is 0 Å². The van der Waals surface area contributed by atoms with Crippen molar-refractivity contribution in [1.82, 2.24) is 10.3 Å². The summed E-state index contributed by atoms with van der Waals surface area (Å²) in [5.41, 5.74) is 0.328. The minimum Gasteiger partial charge on any atom is -0.480 e. The summed E-state index contributed by atoms with van der Waals surface area (Å²) in [6.45, 7) is 1.69. The smallest absolute Gasteiger partial charge is 0.326 e. The third-order valence-corrected chi connectivity index (χ3v) is 2.41. The predicted octanol–water partition coefficient (Wildman–Crippen LogP) is 1.44. The number of pyridine rings is 1. The third-order valence-electron chi connectivity index (χ3n) is 1.98. The van der Waals surface area contributed by atoms with Gasteiger partial charge in [-0.3, -0.25) is 9.78 Å². The summed E-state index contributed by atoms with van der Waals surface area (Å²) in [5, 5.41) is 11.2. The van der Waals surface area contributed by atoms with Gasteiger partial charge in [-0.25, -0.2) is 4.79 Å². The second-order valence-corrected chi connectivity index (χ2v) is 4.08. The minimum atomic E-state index is -1.04. The van der Waals surface area contributed by atoms with Crippen LogP contribution >= 0.6 is 15.9 Å². The monoisotopic (exact) mass is 286 g/mol. The van der Waals surface area contributed by atoms with Gasteiger partial charge in [-0.2, -0.15) is 0 Å².